The first kappa shape index (κ1) is 25.0. The van der Waals surface area contributed by atoms with Crippen molar-refractivity contribution in [1.82, 2.24) is 15.5 Å². The number of halogens is 4. The van der Waals surface area contributed by atoms with Gasteiger partial charge in [0.05, 0.1) is 0 Å². The number of para-hydroxylation sites is 1. The summed E-state index contributed by atoms with van der Waals surface area (Å²) in [5.41, 5.74) is 0.442. The molecule has 0 radical (unpaired) electrons. The van der Waals surface area contributed by atoms with Gasteiger partial charge in [0.15, 0.2) is 5.96 Å². The fourth-order valence-electron chi connectivity index (χ4n) is 4.07. The van der Waals surface area contributed by atoms with E-state index in [9.17, 15) is 13.2 Å². The molecule has 2 heterocycles. The van der Waals surface area contributed by atoms with Crippen molar-refractivity contribution in [3.8, 4) is 5.75 Å². The van der Waals surface area contributed by atoms with E-state index in [-0.39, 0.29) is 41.8 Å². The smallest absolute Gasteiger partial charge is 0.405 e. The fraction of sp³-hybridized carbons (Fsp3) is 0.650. The molecule has 0 amide bonds. The number of aliphatic imine (C=N–C) groups is 1. The Labute approximate surface area is 192 Å². The molecule has 0 spiro atoms. The number of ether oxygens (including phenoxy) is 2. The van der Waals surface area contributed by atoms with Gasteiger partial charge in [0.2, 0.25) is 0 Å². The highest BCUT2D eigenvalue weighted by atomic mass is 127. The molecule has 1 aromatic rings. The van der Waals surface area contributed by atoms with Crippen molar-refractivity contribution in [3.63, 3.8) is 0 Å². The zero-order valence-corrected chi connectivity index (χ0v) is 19.5. The van der Waals surface area contributed by atoms with E-state index in [0.717, 1.165) is 45.7 Å². The summed E-state index contributed by atoms with van der Waals surface area (Å²) in [4.78, 5) is 6.78. The fourth-order valence-corrected chi connectivity index (χ4v) is 4.07. The molecule has 0 saturated carbocycles. The highest BCUT2D eigenvalue weighted by Gasteiger charge is 2.39. The van der Waals surface area contributed by atoms with Gasteiger partial charge in [0.25, 0.3) is 0 Å². The predicted molar refractivity (Wildman–Crippen MR) is 120 cm³/mol. The predicted octanol–water partition coefficient (Wildman–Crippen LogP) is 3.51. The number of nitrogens with zero attached hydrogens (tertiary/aromatic N) is 2. The summed E-state index contributed by atoms with van der Waals surface area (Å²) in [6.07, 6.45) is -0.378. The van der Waals surface area contributed by atoms with Crippen molar-refractivity contribution in [2.75, 3.05) is 39.9 Å². The standard InChI is InChI=1S/C20H29F3N4O2.HI/c1-24-18(25-14-16-6-2-3-7-17(16)29-20(21,22)23)26-15-19(8-12-28-13-9-19)27-10-4-5-11-27;/h2-3,6-7H,4-5,8-15H2,1H3,(H2,24,25,26);1H. The second kappa shape index (κ2) is 11.4. The molecule has 10 heteroatoms. The first-order chi connectivity index (χ1) is 13.9. The summed E-state index contributed by atoms with van der Waals surface area (Å²) in [7, 11) is 1.65. The van der Waals surface area contributed by atoms with E-state index in [4.69, 9.17) is 4.74 Å². The van der Waals surface area contributed by atoms with E-state index in [1.807, 2.05) is 0 Å². The third-order valence-electron chi connectivity index (χ3n) is 5.65. The highest BCUT2D eigenvalue weighted by molar-refractivity contribution is 14.0. The Hall–Kier alpha value is -1.27. The molecule has 0 aromatic heterocycles. The molecule has 1 aromatic carbocycles. The van der Waals surface area contributed by atoms with Crippen LogP contribution in [0.1, 0.15) is 31.2 Å². The van der Waals surface area contributed by atoms with Gasteiger partial charge in [-0.2, -0.15) is 0 Å². The van der Waals surface area contributed by atoms with Gasteiger partial charge in [-0.25, -0.2) is 0 Å². The summed E-state index contributed by atoms with van der Waals surface area (Å²) in [5, 5.41) is 6.47. The van der Waals surface area contributed by atoms with E-state index in [0.29, 0.717) is 11.5 Å². The van der Waals surface area contributed by atoms with E-state index >= 15 is 0 Å². The van der Waals surface area contributed by atoms with Crippen molar-refractivity contribution in [2.24, 2.45) is 4.99 Å². The quantitative estimate of drug-likeness (QED) is 0.328. The molecular weight excluding hydrogens is 512 g/mol. The zero-order chi connectivity index (χ0) is 20.7. The molecule has 0 unspecified atom stereocenters. The zero-order valence-electron chi connectivity index (χ0n) is 17.1. The van der Waals surface area contributed by atoms with Gasteiger partial charge >= 0.3 is 6.36 Å². The summed E-state index contributed by atoms with van der Waals surface area (Å²) < 4.78 is 47.5. The molecule has 0 bridgehead atoms. The Bertz CT molecular complexity index is 691. The number of nitrogens with one attached hydrogen (secondary N) is 2. The van der Waals surface area contributed by atoms with E-state index in [2.05, 4.69) is 25.3 Å². The van der Waals surface area contributed by atoms with Gasteiger partial charge in [-0.1, -0.05) is 18.2 Å². The minimum atomic E-state index is -4.72. The third kappa shape index (κ3) is 6.88. The van der Waals surface area contributed by atoms with Gasteiger partial charge in [-0.3, -0.25) is 9.89 Å². The number of hydrogen-bond donors (Lipinski definition) is 2. The number of rotatable bonds is 6. The Morgan fingerprint density at radius 3 is 2.47 bits per heavy atom. The maximum atomic E-state index is 12.6. The topological polar surface area (TPSA) is 58.1 Å². The summed E-state index contributed by atoms with van der Waals surface area (Å²) >= 11 is 0. The van der Waals surface area contributed by atoms with Crippen LogP contribution in [0, 0.1) is 0 Å². The first-order valence-corrected chi connectivity index (χ1v) is 10.0. The monoisotopic (exact) mass is 542 g/mol. The van der Waals surface area contributed by atoms with Gasteiger partial charge in [0, 0.05) is 44.5 Å². The number of guanidine groups is 1. The molecule has 0 aliphatic carbocycles. The maximum Gasteiger partial charge on any atom is 0.573 e. The lowest BCUT2D eigenvalue weighted by Crippen LogP contribution is -2.58. The number of alkyl halides is 3. The van der Waals surface area contributed by atoms with Crippen molar-refractivity contribution in [3.05, 3.63) is 29.8 Å². The lowest BCUT2D eigenvalue weighted by molar-refractivity contribution is -0.274. The van der Waals surface area contributed by atoms with Crippen LogP contribution in [-0.4, -0.2) is 62.7 Å². The van der Waals surface area contributed by atoms with Crippen LogP contribution in [-0.2, 0) is 11.3 Å². The lowest BCUT2D eigenvalue weighted by atomic mass is 9.88. The summed E-state index contributed by atoms with van der Waals surface area (Å²) in [6, 6.07) is 6.11. The minimum absolute atomic E-state index is 0. The normalized spacial score (nSPS) is 19.8. The van der Waals surface area contributed by atoms with Crippen LogP contribution in [0.25, 0.3) is 0 Å². The molecule has 2 fully saturated rings. The van der Waals surface area contributed by atoms with Crippen molar-refractivity contribution >= 4 is 29.9 Å². The lowest BCUT2D eigenvalue weighted by Gasteiger charge is -2.45. The van der Waals surface area contributed by atoms with Crippen LogP contribution in [0.15, 0.2) is 29.3 Å². The first-order valence-electron chi connectivity index (χ1n) is 10.0. The van der Waals surface area contributed by atoms with E-state index in [1.54, 1.807) is 19.2 Å². The highest BCUT2D eigenvalue weighted by Crippen LogP contribution is 2.31. The Morgan fingerprint density at radius 1 is 1.17 bits per heavy atom. The molecule has 3 rings (SSSR count). The third-order valence-corrected chi connectivity index (χ3v) is 5.65. The van der Waals surface area contributed by atoms with Crippen LogP contribution in [0.5, 0.6) is 5.75 Å². The summed E-state index contributed by atoms with van der Waals surface area (Å²) in [6.45, 7) is 4.56. The van der Waals surface area contributed by atoms with Crippen molar-refractivity contribution in [1.29, 1.82) is 0 Å². The molecular formula is C20H30F3IN4O2. The minimum Gasteiger partial charge on any atom is -0.405 e. The van der Waals surface area contributed by atoms with Crippen LogP contribution in [0.3, 0.4) is 0 Å². The Morgan fingerprint density at radius 2 is 1.83 bits per heavy atom. The van der Waals surface area contributed by atoms with Gasteiger partial charge in [-0.15, -0.1) is 37.1 Å². The molecule has 6 nitrogen and oxygen atoms in total. The van der Waals surface area contributed by atoms with E-state index in [1.165, 1.54) is 25.0 Å². The second-order valence-corrected chi connectivity index (χ2v) is 7.47. The average molecular weight is 542 g/mol. The largest absolute Gasteiger partial charge is 0.573 e. The molecule has 170 valence electrons. The van der Waals surface area contributed by atoms with Gasteiger partial charge in [0.1, 0.15) is 5.75 Å². The summed E-state index contributed by atoms with van der Waals surface area (Å²) in [5.74, 6) is 0.345. The van der Waals surface area contributed by atoms with Crippen LogP contribution < -0.4 is 15.4 Å². The molecule has 2 aliphatic rings. The van der Waals surface area contributed by atoms with Crippen LogP contribution in [0.4, 0.5) is 13.2 Å². The average Bonchev–Trinajstić information content (AvgIpc) is 3.24. The van der Waals surface area contributed by atoms with Crippen LogP contribution in [0.2, 0.25) is 0 Å². The molecule has 2 saturated heterocycles. The van der Waals surface area contributed by atoms with Crippen molar-refractivity contribution < 1.29 is 22.6 Å². The van der Waals surface area contributed by atoms with Crippen molar-refractivity contribution in [2.45, 2.75) is 44.1 Å². The Balaban J connectivity index is 0.00000320. The molecule has 2 aliphatic heterocycles. The Kier molecular flexibility index (Phi) is 9.48. The van der Waals surface area contributed by atoms with Crippen LogP contribution >= 0.6 is 24.0 Å². The van der Waals surface area contributed by atoms with Gasteiger partial charge < -0.3 is 20.1 Å². The molecule has 2 N–H and O–H groups in total. The number of benzene rings is 1. The SMILES string of the molecule is CN=C(NCc1ccccc1OC(F)(F)F)NCC1(N2CCCC2)CCOCC1.I. The van der Waals surface area contributed by atoms with E-state index < -0.39 is 6.36 Å². The molecule has 0 atom stereocenters. The number of hydrogen-bond acceptors (Lipinski definition) is 4. The molecule has 30 heavy (non-hydrogen) atoms. The second-order valence-electron chi connectivity index (χ2n) is 7.47. The van der Waals surface area contributed by atoms with Gasteiger partial charge in [-0.05, 0) is 44.8 Å². The maximum absolute atomic E-state index is 12.6. The number of likely N-dealkylation sites (tertiary alicyclic amines) is 1.